The maximum absolute atomic E-state index is 13.0. The Kier molecular flexibility index (Phi) is 5.35. The van der Waals surface area contributed by atoms with Crippen molar-refractivity contribution < 1.29 is 4.79 Å². The van der Waals surface area contributed by atoms with Crippen molar-refractivity contribution in [1.29, 1.82) is 0 Å². The third-order valence-corrected chi connectivity index (χ3v) is 4.62. The van der Waals surface area contributed by atoms with Crippen molar-refractivity contribution in [3.05, 3.63) is 53.1 Å². The van der Waals surface area contributed by atoms with Crippen molar-refractivity contribution in [2.24, 2.45) is 0 Å². The average Bonchev–Trinajstić information content (AvgIpc) is 3.03. The van der Waals surface area contributed by atoms with E-state index in [0.717, 1.165) is 52.9 Å². The summed E-state index contributed by atoms with van der Waals surface area (Å²) in [6.07, 6.45) is 6.54. The van der Waals surface area contributed by atoms with Crippen molar-refractivity contribution >= 4 is 11.4 Å². The Labute approximate surface area is 154 Å². The van der Waals surface area contributed by atoms with Gasteiger partial charge in [-0.05, 0) is 50.5 Å². The van der Waals surface area contributed by atoms with Gasteiger partial charge >= 0.3 is 0 Å². The molecule has 0 bridgehead atoms. The Balaban J connectivity index is 2.24. The SMILES string of the molecule is CCCCNC(=O)c1c(C)nn2c(CC)ccc2c1-c1cncc(C)c1. The summed E-state index contributed by atoms with van der Waals surface area (Å²) in [6, 6.07) is 6.20. The number of hydrogen-bond acceptors (Lipinski definition) is 3. The molecule has 3 heterocycles. The zero-order valence-corrected chi connectivity index (χ0v) is 16.0. The first-order valence-electron chi connectivity index (χ1n) is 9.28. The van der Waals surface area contributed by atoms with Crippen LogP contribution in [0.25, 0.3) is 16.6 Å². The number of carbonyl (C=O) groups is 1. The monoisotopic (exact) mass is 350 g/mol. The van der Waals surface area contributed by atoms with E-state index < -0.39 is 0 Å². The summed E-state index contributed by atoms with van der Waals surface area (Å²) in [5.74, 6) is -0.0679. The highest BCUT2D eigenvalue weighted by Crippen LogP contribution is 2.31. The van der Waals surface area contributed by atoms with Gasteiger partial charge in [0.05, 0.1) is 16.8 Å². The molecule has 5 heteroatoms. The van der Waals surface area contributed by atoms with E-state index in [9.17, 15) is 4.79 Å². The second kappa shape index (κ2) is 7.68. The molecule has 136 valence electrons. The van der Waals surface area contributed by atoms with Gasteiger partial charge in [0.1, 0.15) is 0 Å². The summed E-state index contributed by atoms with van der Waals surface area (Å²) in [6.45, 7) is 8.81. The smallest absolute Gasteiger partial charge is 0.253 e. The first kappa shape index (κ1) is 18.1. The number of nitrogens with one attached hydrogen (secondary N) is 1. The first-order chi connectivity index (χ1) is 12.6. The third kappa shape index (κ3) is 3.34. The Morgan fingerprint density at radius 1 is 1.19 bits per heavy atom. The molecule has 3 aromatic rings. The van der Waals surface area contributed by atoms with E-state index in [1.165, 1.54) is 0 Å². The lowest BCUT2D eigenvalue weighted by atomic mass is 9.98. The predicted octanol–water partition coefficient (Wildman–Crippen LogP) is 4.11. The number of nitrogens with zero attached hydrogens (tertiary/aromatic N) is 3. The second-order valence-corrected chi connectivity index (χ2v) is 6.67. The molecule has 0 aliphatic carbocycles. The van der Waals surface area contributed by atoms with Crippen LogP contribution in [0.15, 0.2) is 30.6 Å². The number of aromatic nitrogens is 3. The molecule has 0 unspecified atom stereocenters. The number of pyridine rings is 1. The molecule has 0 radical (unpaired) electrons. The van der Waals surface area contributed by atoms with Crippen LogP contribution in [0.2, 0.25) is 0 Å². The number of amides is 1. The molecule has 0 saturated carbocycles. The molecule has 0 aromatic carbocycles. The molecule has 1 N–H and O–H groups in total. The topological polar surface area (TPSA) is 59.3 Å². The summed E-state index contributed by atoms with van der Waals surface area (Å²) < 4.78 is 1.95. The Morgan fingerprint density at radius 2 is 2.00 bits per heavy atom. The highest BCUT2D eigenvalue weighted by Gasteiger charge is 2.21. The fourth-order valence-electron chi connectivity index (χ4n) is 3.28. The van der Waals surface area contributed by atoms with Gasteiger partial charge in [-0.2, -0.15) is 5.10 Å². The van der Waals surface area contributed by atoms with Crippen LogP contribution >= 0.6 is 0 Å². The molecular formula is C21H26N4O. The van der Waals surface area contributed by atoms with E-state index in [1.54, 1.807) is 0 Å². The van der Waals surface area contributed by atoms with Gasteiger partial charge in [-0.25, -0.2) is 4.52 Å². The maximum atomic E-state index is 13.0. The minimum absolute atomic E-state index is 0.0679. The quantitative estimate of drug-likeness (QED) is 0.681. The van der Waals surface area contributed by atoms with Crippen LogP contribution in [0.1, 0.15) is 54.0 Å². The van der Waals surface area contributed by atoms with Crippen molar-refractivity contribution in [3.8, 4) is 11.1 Å². The number of rotatable bonds is 6. The average molecular weight is 350 g/mol. The number of hydrogen-bond donors (Lipinski definition) is 1. The normalized spacial score (nSPS) is 11.1. The molecule has 3 rings (SSSR count). The second-order valence-electron chi connectivity index (χ2n) is 6.67. The number of unbranched alkanes of at least 4 members (excludes halogenated alkanes) is 1. The summed E-state index contributed by atoms with van der Waals surface area (Å²) in [7, 11) is 0. The first-order valence-corrected chi connectivity index (χ1v) is 9.28. The largest absolute Gasteiger partial charge is 0.352 e. The molecule has 5 nitrogen and oxygen atoms in total. The summed E-state index contributed by atoms with van der Waals surface area (Å²) in [4.78, 5) is 17.3. The van der Waals surface area contributed by atoms with E-state index in [2.05, 4.69) is 36.3 Å². The van der Waals surface area contributed by atoms with Gasteiger partial charge in [0.25, 0.3) is 5.91 Å². The molecule has 0 aliphatic rings. The third-order valence-electron chi connectivity index (χ3n) is 4.62. The zero-order chi connectivity index (χ0) is 18.7. The fraction of sp³-hybridized carbons (Fsp3) is 0.381. The van der Waals surface area contributed by atoms with Crippen LogP contribution in [-0.4, -0.2) is 27.0 Å². The lowest BCUT2D eigenvalue weighted by Crippen LogP contribution is -2.26. The van der Waals surface area contributed by atoms with Gasteiger partial charge in [0.15, 0.2) is 0 Å². The summed E-state index contributed by atoms with van der Waals surface area (Å²) >= 11 is 0. The van der Waals surface area contributed by atoms with E-state index in [4.69, 9.17) is 5.10 Å². The van der Waals surface area contributed by atoms with Crippen LogP contribution in [0.5, 0.6) is 0 Å². The maximum Gasteiger partial charge on any atom is 0.253 e. The minimum Gasteiger partial charge on any atom is -0.352 e. The number of aryl methyl sites for hydroxylation is 3. The molecule has 0 saturated heterocycles. The molecule has 3 aromatic heterocycles. The lowest BCUT2D eigenvalue weighted by Gasteiger charge is -2.15. The van der Waals surface area contributed by atoms with Crippen LogP contribution in [-0.2, 0) is 6.42 Å². The molecule has 0 atom stereocenters. The van der Waals surface area contributed by atoms with Gasteiger partial charge in [-0.1, -0.05) is 20.3 Å². The standard InChI is InChI=1S/C21H26N4O/c1-5-7-10-23-21(26)19-15(4)24-25-17(6-2)8-9-18(25)20(19)16-11-14(3)12-22-13-16/h8-9,11-13H,5-7,10H2,1-4H3,(H,23,26). The van der Waals surface area contributed by atoms with Crippen molar-refractivity contribution in [2.45, 2.75) is 47.0 Å². The van der Waals surface area contributed by atoms with Gasteiger partial charge in [0, 0.05) is 35.8 Å². The van der Waals surface area contributed by atoms with Crippen LogP contribution < -0.4 is 5.32 Å². The molecule has 0 aliphatic heterocycles. The number of carbonyl (C=O) groups excluding carboxylic acids is 1. The van der Waals surface area contributed by atoms with E-state index >= 15 is 0 Å². The predicted molar refractivity (Wildman–Crippen MR) is 105 cm³/mol. The van der Waals surface area contributed by atoms with Crippen molar-refractivity contribution in [3.63, 3.8) is 0 Å². The van der Waals surface area contributed by atoms with E-state index in [-0.39, 0.29) is 5.91 Å². The number of fused-ring (bicyclic) bond motifs is 1. The molecule has 0 fully saturated rings. The fourth-order valence-corrected chi connectivity index (χ4v) is 3.28. The Morgan fingerprint density at radius 3 is 2.69 bits per heavy atom. The summed E-state index contributed by atoms with van der Waals surface area (Å²) in [5.41, 5.74) is 6.36. The van der Waals surface area contributed by atoms with Gasteiger partial charge in [-0.3, -0.25) is 9.78 Å². The van der Waals surface area contributed by atoms with Gasteiger partial charge in [0.2, 0.25) is 0 Å². The molecule has 0 spiro atoms. The molecule has 1 amide bonds. The van der Waals surface area contributed by atoms with Crippen LogP contribution in [0.4, 0.5) is 0 Å². The highest BCUT2D eigenvalue weighted by atomic mass is 16.1. The highest BCUT2D eigenvalue weighted by molar-refractivity contribution is 6.05. The van der Waals surface area contributed by atoms with Crippen LogP contribution in [0.3, 0.4) is 0 Å². The Bertz CT molecular complexity index is 943. The van der Waals surface area contributed by atoms with Gasteiger partial charge in [-0.15, -0.1) is 0 Å². The molecular weight excluding hydrogens is 324 g/mol. The zero-order valence-electron chi connectivity index (χ0n) is 16.0. The van der Waals surface area contributed by atoms with Crippen molar-refractivity contribution in [2.75, 3.05) is 6.54 Å². The van der Waals surface area contributed by atoms with E-state index in [0.29, 0.717) is 12.1 Å². The lowest BCUT2D eigenvalue weighted by molar-refractivity contribution is 0.0952. The van der Waals surface area contributed by atoms with E-state index in [1.807, 2.05) is 36.8 Å². The minimum atomic E-state index is -0.0679. The van der Waals surface area contributed by atoms with Crippen LogP contribution in [0, 0.1) is 13.8 Å². The van der Waals surface area contributed by atoms with Crippen molar-refractivity contribution in [1.82, 2.24) is 19.9 Å². The van der Waals surface area contributed by atoms with Gasteiger partial charge < -0.3 is 5.32 Å². The Hall–Kier alpha value is -2.69. The molecule has 26 heavy (non-hydrogen) atoms. The summed E-state index contributed by atoms with van der Waals surface area (Å²) in [5, 5.41) is 7.74.